The van der Waals surface area contributed by atoms with Gasteiger partial charge in [-0.25, -0.2) is 18.9 Å². The third kappa shape index (κ3) is 2.91. The smallest absolute Gasteiger partial charge is 0.213 e. The van der Waals surface area contributed by atoms with Gasteiger partial charge in [0.2, 0.25) is 11.7 Å². The van der Waals surface area contributed by atoms with Gasteiger partial charge < -0.3 is 14.8 Å². The first kappa shape index (κ1) is 16.6. The molecule has 1 fully saturated rings. The Morgan fingerprint density at radius 1 is 1.25 bits per heavy atom. The maximum atomic E-state index is 14.2. The fourth-order valence-corrected chi connectivity index (χ4v) is 2.99. The van der Waals surface area contributed by atoms with E-state index in [0.29, 0.717) is 29.8 Å². The number of methoxy groups -OCH3 is 1. The van der Waals surface area contributed by atoms with Gasteiger partial charge in [-0.1, -0.05) is 6.07 Å². The first-order valence-corrected chi connectivity index (χ1v) is 8.62. The van der Waals surface area contributed by atoms with E-state index in [4.69, 9.17) is 9.47 Å². The van der Waals surface area contributed by atoms with Crippen LogP contribution in [0.5, 0.6) is 5.88 Å². The summed E-state index contributed by atoms with van der Waals surface area (Å²) in [6.07, 6.45) is 4.48. The maximum absolute atomic E-state index is 14.2. The Morgan fingerprint density at radius 2 is 2.14 bits per heavy atom. The normalized spacial score (nSPS) is 15.6. The molecule has 1 aliphatic rings. The lowest BCUT2D eigenvalue weighted by atomic mass is 10.2. The molecule has 0 spiro atoms. The summed E-state index contributed by atoms with van der Waals surface area (Å²) < 4.78 is 26.5. The molecule has 0 aliphatic carbocycles. The van der Waals surface area contributed by atoms with Crippen molar-refractivity contribution in [3.63, 3.8) is 0 Å². The molecule has 0 amide bonds. The predicted octanol–water partition coefficient (Wildman–Crippen LogP) is 3.15. The van der Waals surface area contributed by atoms with Crippen molar-refractivity contribution in [3.05, 3.63) is 60.3 Å². The minimum absolute atomic E-state index is 0.00256. The average molecular weight is 378 g/mol. The summed E-state index contributed by atoms with van der Waals surface area (Å²) in [5, 5.41) is 7.62. The zero-order chi connectivity index (χ0) is 19.1. The minimum Gasteiger partial charge on any atom is -0.481 e. The Labute approximate surface area is 159 Å². The molecule has 0 aromatic carbocycles. The van der Waals surface area contributed by atoms with Crippen LogP contribution in [0.25, 0.3) is 17.0 Å². The quantitative estimate of drug-likeness (QED) is 0.534. The van der Waals surface area contributed by atoms with Crippen molar-refractivity contribution in [2.45, 2.75) is 6.10 Å². The van der Waals surface area contributed by atoms with Gasteiger partial charge >= 0.3 is 0 Å². The highest BCUT2D eigenvalue weighted by atomic mass is 19.1. The molecule has 28 heavy (non-hydrogen) atoms. The predicted molar refractivity (Wildman–Crippen MR) is 98.9 cm³/mol. The number of epoxide rings is 1. The molecule has 0 radical (unpaired) electrons. The van der Waals surface area contributed by atoms with Crippen molar-refractivity contribution in [2.75, 3.05) is 19.0 Å². The number of anilines is 2. The Balaban J connectivity index is 1.68. The number of ether oxygens (including phenoxy) is 2. The Morgan fingerprint density at radius 3 is 2.93 bits per heavy atom. The minimum atomic E-state index is -0.476. The number of hydrogen-bond donors (Lipinski definition) is 1. The number of halogens is 1. The second-order valence-corrected chi connectivity index (χ2v) is 6.22. The van der Waals surface area contributed by atoms with E-state index in [2.05, 4.69) is 25.4 Å². The van der Waals surface area contributed by atoms with Gasteiger partial charge in [-0.15, -0.1) is 5.10 Å². The number of pyridine rings is 2. The number of aromatic nitrogens is 5. The van der Waals surface area contributed by atoms with Gasteiger partial charge in [0.15, 0.2) is 11.6 Å². The van der Waals surface area contributed by atoms with Crippen molar-refractivity contribution in [2.24, 2.45) is 0 Å². The molecule has 4 aromatic heterocycles. The molecule has 1 saturated heterocycles. The summed E-state index contributed by atoms with van der Waals surface area (Å²) in [6.45, 7) is 0.641. The summed E-state index contributed by atoms with van der Waals surface area (Å²) >= 11 is 0. The summed E-state index contributed by atoms with van der Waals surface area (Å²) in [5.74, 6) is 0.809. The van der Waals surface area contributed by atoms with Crippen LogP contribution in [0, 0.1) is 5.82 Å². The van der Waals surface area contributed by atoms with Gasteiger partial charge in [0.05, 0.1) is 25.6 Å². The standard InChI is InChI=1S/C19H15FN6O2/c1-27-16-4-2-3-14(22-16)18-24-19(23-13-5-7-21-9-12(13)20)17-11(15-10-28-15)6-8-26(17)25-18/h2-9,15H,10H2,1H3,(H,21,23,24,25). The number of hydrogen-bond acceptors (Lipinski definition) is 7. The molecular weight excluding hydrogens is 363 g/mol. The largest absolute Gasteiger partial charge is 0.481 e. The first-order valence-electron chi connectivity index (χ1n) is 8.62. The monoisotopic (exact) mass is 378 g/mol. The van der Waals surface area contributed by atoms with Gasteiger partial charge in [0, 0.05) is 24.0 Å². The number of nitrogens with one attached hydrogen (secondary N) is 1. The third-order valence-electron chi connectivity index (χ3n) is 4.41. The van der Waals surface area contributed by atoms with E-state index < -0.39 is 5.82 Å². The highest BCUT2D eigenvalue weighted by molar-refractivity contribution is 5.78. The number of nitrogens with zero attached hydrogens (tertiary/aromatic N) is 5. The van der Waals surface area contributed by atoms with E-state index in [1.807, 2.05) is 18.3 Å². The van der Waals surface area contributed by atoms with Crippen LogP contribution in [0.1, 0.15) is 11.7 Å². The van der Waals surface area contributed by atoms with Crippen molar-refractivity contribution in [1.29, 1.82) is 0 Å². The van der Waals surface area contributed by atoms with Gasteiger partial charge in [-0.3, -0.25) is 4.98 Å². The van der Waals surface area contributed by atoms with Crippen LogP contribution in [0.15, 0.2) is 48.9 Å². The van der Waals surface area contributed by atoms with Crippen molar-refractivity contribution < 1.29 is 13.9 Å². The second kappa shape index (κ2) is 6.54. The Bertz CT molecular complexity index is 1170. The third-order valence-corrected chi connectivity index (χ3v) is 4.41. The molecule has 9 heteroatoms. The Kier molecular flexibility index (Phi) is 3.87. The van der Waals surface area contributed by atoms with Gasteiger partial charge in [-0.2, -0.15) is 0 Å². The Hall–Kier alpha value is -3.59. The summed E-state index contributed by atoms with van der Waals surface area (Å²) in [4.78, 5) is 12.8. The molecule has 5 rings (SSSR count). The highest BCUT2D eigenvalue weighted by Crippen LogP contribution is 2.37. The topological polar surface area (TPSA) is 89.8 Å². The molecule has 1 atom stereocenters. The number of rotatable bonds is 5. The molecule has 1 aliphatic heterocycles. The van der Waals surface area contributed by atoms with Crippen LogP contribution in [-0.4, -0.2) is 38.3 Å². The van der Waals surface area contributed by atoms with Gasteiger partial charge in [-0.05, 0) is 18.2 Å². The first-order chi connectivity index (χ1) is 13.7. The summed E-state index contributed by atoms with van der Waals surface area (Å²) in [7, 11) is 1.54. The van der Waals surface area contributed by atoms with Crippen molar-refractivity contribution in [1.82, 2.24) is 24.6 Å². The van der Waals surface area contributed by atoms with Crippen molar-refractivity contribution >= 4 is 17.0 Å². The lowest BCUT2D eigenvalue weighted by Gasteiger charge is -2.11. The van der Waals surface area contributed by atoms with Crippen LogP contribution in [0.4, 0.5) is 15.9 Å². The molecule has 0 saturated carbocycles. The SMILES string of the molecule is COc1cccc(-c2nc(Nc3ccncc3F)c3c(C4CO4)ccn3n2)n1. The van der Waals surface area contributed by atoms with E-state index in [-0.39, 0.29) is 11.8 Å². The molecule has 1 unspecified atom stereocenters. The van der Waals surface area contributed by atoms with E-state index in [0.717, 1.165) is 17.3 Å². The lowest BCUT2D eigenvalue weighted by molar-refractivity contribution is 0.398. The number of fused-ring (bicyclic) bond motifs is 1. The fraction of sp³-hybridized carbons (Fsp3) is 0.158. The van der Waals surface area contributed by atoms with E-state index in [1.165, 1.54) is 6.20 Å². The lowest BCUT2D eigenvalue weighted by Crippen LogP contribution is -2.06. The zero-order valence-corrected chi connectivity index (χ0v) is 14.8. The molecular formula is C19H15FN6O2. The molecule has 140 valence electrons. The van der Waals surface area contributed by atoms with Crippen LogP contribution >= 0.6 is 0 Å². The molecule has 4 aromatic rings. The van der Waals surface area contributed by atoms with Gasteiger partial charge in [0.25, 0.3) is 0 Å². The van der Waals surface area contributed by atoms with Crippen molar-refractivity contribution in [3.8, 4) is 17.4 Å². The molecule has 8 nitrogen and oxygen atoms in total. The summed E-state index contributed by atoms with van der Waals surface area (Å²) in [5.41, 5.74) is 2.48. The van der Waals surface area contributed by atoms with Crippen LogP contribution in [-0.2, 0) is 4.74 Å². The van der Waals surface area contributed by atoms with E-state index in [1.54, 1.807) is 29.8 Å². The zero-order valence-electron chi connectivity index (χ0n) is 14.8. The van der Waals surface area contributed by atoms with Crippen LogP contribution in [0.2, 0.25) is 0 Å². The fourth-order valence-electron chi connectivity index (χ4n) is 2.99. The van der Waals surface area contributed by atoms with Gasteiger partial charge in [0.1, 0.15) is 17.3 Å². The van der Waals surface area contributed by atoms with Crippen LogP contribution < -0.4 is 10.1 Å². The maximum Gasteiger partial charge on any atom is 0.213 e. The van der Waals surface area contributed by atoms with Crippen LogP contribution in [0.3, 0.4) is 0 Å². The average Bonchev–Trinajstić information content (AvgIpc) is 3.48. The van der Waals surface area contributed by atoms with E-state index in [9.17, 15) is 4.39 Å². The molecule has 0 bridgehead atoms. The molecule has 1 N–H and O–H groups in total. The summed E-state index contributed by atoms with van der Waals surface area (Å²) in [6, 6.07) is 8.82. The second-order valence-electron chi connectivity index (χ2n) is 6.22. The molecule has 5 heterocycles. The highest BCUT2D eigenvalue weighted by Gasteiger charge is 2.30. The van der Waals surface area contributed by atoms with E-state index >= 15 is 0 Å².